The number of benzene rings is 1. The van der Waals surface area contributed by atoms with Gasteiger partial charge in [-0.3, -0.25) is 14.4 Å². The predicted molar refractivity (Wildman–Crippen MR) is 73.2 cm³/mol. The number of halogens is 1. The minimum absolute atomic E-state index is 0.00993. The topological polar surface area (TPSA) is 83.9 Å². The number of carboxylic acid groups (broad SMARTS) is 1. The molecule has 1 N–H and O–H groups in total. The Bertz CT molecular complexity index is 586. The lowest BCUT2D eigenvalue weighted by atomic mass is 10.0. The van der Waals surface area contributed by atoms with Crippen molar-refractivity contribution in [3.63, 3.8) is 0 Å². The monoisotopic (exact) mass is 309 g/mol. The first kappa shape index (κ1) is 15.9. The maximum Gasteiger partial charge on any atom is 0.310 e. The molecule has 22 heavy (non-hydrogen) atoms. The van der Waals surface area contributed by atoms with Crippen molar-refractivity contribution in [3.05, 3.63) is 35.6 Å². The molecule has 1 aliphatic heterocycles. The van der Waals surface area contributed by atoms with Gasteiger partial charge in [0.1, 0.15) is 5.82 Å². The molecule has 0 radical (unpaired) electrons. The largest absolute Gasteiger partial charge is 0.481 e. The molecular weight excluding hydrogens is 293 g/mol. The normalized spacial score (nSPS) is 19.1. The Labute approximate surface area is 126 Å². The minimum atomic E-state index is -1.08. The molecule has 1 aromatic rings. The maximum atomic E-state index is 13.0. The lowest BCUT2D eigenvalue weighted by molar-refractivity contribution is -0.145. The standard InChI is InChI=1S/C15H16FNO5/c1-22-15(21)10-6-13(18)17(8-10)12(7-14(19)20)9-2-4-11(16)5-3-9/h2-5,10,12H,6-8H2,1H3,(H,19,20). The number of likely N-dealkylation sites (tertiary alicyclic amines) is 1. The third-order valence-corrected chi connectivity index (χ3v) is 3.69. The average Bonchev–Trinajstić information content (AvgIpc) is 2.86. The summed E-state index contributed by atoms with van der Waals surface area (Å²) in [6.07, 6.45) is -0.324. The molecular formula is C15H16FNO5. The van der Waals surface area contributed by atoms with Gasteiger partial charge in [0, 0.05) is 13.0 Å². The Morgan fingerprint density at radius 1 is 1.41 bits per heavy atom. The van der Waals surface area contributed by atoms with Gasteiger partial charge in [0.05, 0.1) is 25.5 Å². The van der Waals surface area contributed by atoms with E-state index in [0.717, 1.165) is 0 Å². The van der Waals surface area contributed by atoms with Crippen LogP contribution in [0.25, 0.3) is 0 Å². The summed E-state index contributed by atoms with van der Waals surface area (Å²) in [6.45, 7) is 0.0980. The number of nitrogens with zero attached hydrogens (tertiary/aromatic N) is 1. The quantitative estimate of drug-likeness (QED) is 0.830. The van der Waals surface area contributed by atoms with Crippen molar-refractivity contribution in [1.82, 2.24) is 4.90 Å². The number of rotatable bonds is 5. The number of hydrogen-bond acceptors (Lipinski definition) is 4. The molecule has 0 aromatic heterocycles. The van der Waals surface area contributed by atoms with Crippen LogP contribution < -0.4 is 0 Å². The molecule has 1 fully saturated rings. The molecule has 1 amide bonds. The van der Waals surface area contributed by atoms with Crippen molar-refractivity contribution < 1.29 is 28.6 Å². The zero-order valence-electron chi connectivity index (χ0n) is 12.0. The number of carbonyl (C=O) groups excluding carboxylic acids is 2. The Balaban J connectivity index is 2.26. The van der Waals surface area contributed by atoms with E-state index in [1.807, 2.05) is 0 Å². The van der Waals surface area contributed by atoms with Crippen LogP contribution in [-0.4, -0.2) is 41.5 Å². The van der Waals surface area contributed by atoms with Crippen molar-refractivity contribution in [2.24, 2.45) is 5.92 Å². The van der Waals surface area contributed by atoms with Gasteiger partial charge in [-0.15, -0.1) is 0 Å². The third-order valence-electron chi connectivity index (χ3n) is 3.69. The van der Waals surface area contributed by atoms with Crippen LogP contribution in [0.4, 0.5) is 4.39 Å². The summed E-state index contributed by atoms with van der Waals surface area (Å²) in [7, 11) is 1.24. The lowest BCUT2D eigenvalue weighted by Crippen LogP contribution is -2.32. The Hall–Kier alpha value is -2.44. The summed E-state index contributed by atoms with van der Waals surface area (Å²) >= 11 is 0. The van der Waals surface area contributed by atoms with Crippen LogP contribution in [0.3, 0.4) is 0 Å². The number of hydrogen-bond donors (Lipinski definition) is 1. The highest BCUT2D eigenvalue weighted by atomic mass is 19.1. The average molecular weight is 309 g/mol. The molecule has 2 atom stereocenters. The van der Waals surface area contributed by atoms with E-state index in [2.05, 4.69) is 4.74 Å². The highest BCUT2D eigenvalue weighted by Crippen LogP contribution is 2.31. The Morgan fingerprint density at radius 2 is 2.05 bits per heavy atom. The summed E-state index contributed by atoms with van der Waals surface area (Å²) < 4.78 is 17.7. The van der Waals surface area contributed by atoms with E-state index >= 15 is 0 Å². The first-order valence-corrected chi connectivity index (χ1v) is 6.77. The molecule has 0 saturated carbocycles. The van der Waals surface area contributed by atoms with Crippen molar-refractivity contribution in [2.75, 3.05) is 13.7 Å². The molecule has 7 heteroatoms. The van der Waals surface area contributed by atoms with E-state index in [0.29, 0.717) is 5.56 Å². The summed E-state index contributed by atoms with van der Waals surface area (Å²) in [5.41, 5.74) is 0.516. The van der Waals surface area contributed by atoms with Gasteiger partial charge < -0.3 is 14.7 Å². The second kappa shape index (κ2) is 6.55. The zero-order valence-corrected chi connectivity index (χ0v) is 12.0. The third kappa shape index (κ3) is 3.41. The fourth-order valence-electron chi connectivity index (χ4n) is 2.62. The molecule has 0 spiro atoms. The van der Waals surface area contributed by atoms with Gasteiger partial charge >= 0.3 is 11.9 Å². The second-order valence-corrected chi connectivity index (χ2v) is 5.14. The van der Waals surface area contributed by atoms with Gasteiger partial charge in [-0.2, -0.15) is 0 Å². The first-order valence-electron chi connectivity index (χ1n) is 6.77. The fraction of sp³-hybridized carbons (Fsp3) is 0.400. The molecule has 1 saturated heterocycles. The van der Waals surface area contributed by atoms with Gasteiger partial charge in [0.15, 0.2) is 0 Å². The SMILES string of the molecule is COC(=O)C1CC(=O)N(C(CC(=O)O)c2ccc(F)cc2)C1. The molecule has 1 heterocycles. The van der Waals surface area contributed by atoms with Crippen LogP contribution in [0, 0.1) is 11.7 Å². The van der Waals surface area contributed by atoms with Crippen molar-refractivity contribution >= 4 is 17.8 Å². The first-order chi connectivity index (χ1) is 10.4. The van der Waals surface area contributed by atoms with Gasteiger partial charge in [0.25, 0.3) is 0 Å². The summed E-state index contributed by atoms with van der Waals surface area (Å²) in [6, 6.07) is 4.58. The van der Waals surface area contributed by atoms with Crippen molar-refractivity contribution in [2.45, 2.75) is 18.9 Å². The van der Waals surface area contributed by atoms with Gasteiger partial charge in [-0.1, -0.05) is 12.1 Å². The molecule has 0 bridgehead atoms. The molecule has 1 aliphatic rings. The molecule has 2 unspecified atom stereocenters. The smallest absolute Gasteiger partial charge is 0.310 e. The van der Waals surface area contributed by atoms with Crippen LogP contribution in [0.2, 0.25) is 0 Å². The number of amides is 1. The molecule has 2 rings (SSSR count). The van der Waals surface area contributed by atoms with Crippen molar-refractivity contribution in [1.29, 1.82) is 0 Å². The number of carbonyl (C=O) groups is 3. The van der Waals surface area contributed by atoms with Gasteiger partial charge in [-0.25, -0.2) is 4.39 Å². The van der Waals surface area contributed by atoms with E-state index in [1.165, 1.54) is 36.3 Å². The minimum Gasteiger partial charge on any atom is -0.481 e. The van der Waals surface area contributed by atoms with Crippen LogP contribution in [0.15, 0.2) is 24.3 Å². The zero-order chi connectivity index (χ0) is 16.3. The van der Waals surface area contributed by atoms with Crippen molar-refractivity contribution in [3.8, 4) is 0 Å². The summed E-state index contributed by atoms with van der Waals surface area (Å²) in [4.78, 5) is 36.1. The van der Waals surface area contributed by atoms with E-state index in [4.69, 9.17) is 5.11 Å². The fourth-order valence-corrected chi connectivity index (χ4v) is 2.62. The second-order valence-electron chi connectivity index (χ2n) is 5.14. The number of methoxy groups -OCH3 is 1. The number of esters is 1. The molecule has 118 valence electrons. The Kier molecular flexibility index (Phi) is 4.75. The van der Waals surface area contributed by atoms with Crippen LogP contribution in [0.1, 0.15) is 24.4 Å². The van der Waals surface area contributed by atoms with Crippen LogP contribution in [0.5, 0.6) is 0 Å². The van der Waals surface area contributed by atoms with E-state index in [-0.39, 0.29) is 25.3 Å². The number of ether oxygens (including phenoxy) is 1. The molecule has 1 aromatic carbocycles. The van der Waals surface area contributed by atoms with E-state index < -0.39 is 29.7 Å². The summed E-state index contributed by atoms with van der Waals surface area (Å²) in [5.74, 6) is -2.94. The summed E-state index contributed by atoms with van der Waals surface area (Å²) in [5, 5.41) is 9.06. The van der Waals surface area contributed by atoms with Crippen LogP contribution in [-0.2, 0) is 19.1 Å². The maximum absolute atomic E-state index is 13.0. The highest BCUT2D eigenvalue weighted by molar-refractivity contribution is 5.87. The van der Waals surface area contributed by atoms with Crippen LogP contribution >= 0.6 is 0 Å². The lowest BCUT2D eigenvalue weighted by Gasteiger charge is -2.27. The Morgan fingerprint density at radius 3 is 2.59 bits per heavy atom. The highest BCUT2D eigenvalue weighted by Gasteiger charge is 2.39. The number of carboxylic acids is 1. The predicted octanol–water partition coefficient (Wildman–Crippen LogP) is 1.36. The van der Waals surface area contributed by atoms with E-state index in [9.17, 15) is 18.8 Å². The van der Waals surface area contributed by atoms with E-state index in [1.54, 1.807) is 0 Å². The van der Waals surface area contributed by atoms with Gasteiger partial charge in [-0.05, 0) is 17.7 Å². The molecule has 0 aliphatic carbocycles. The van der Waals surface area contributed by atoms with Gasteiger partial charge in [0.2, 0.25) is 5.91 Å². The number of aliphatic carboxylic acids is 1. The molecule has 6 nitrogen and oxygen atoms in total.